The number of hydrogen-bond acceptors (Lipinski definition) is 6. The third-order valence-electron chi connectivity index (χ3n) is 4.73. The van der Waals surface area contributed by atoms with E-state index in [1.807, 2.05) is 0 Å². The molecule has 0 aliphatic heterocycles. The van der Waals surface area contributed by atoms with Crippen LogP contribution in [0.25, 0.3) is 0 Å². The van der Waals surface area contributed by atoms with E-state index in [0.29, 0.717) is 33.8 Å². The summed E-state index contributed by atoms with van der Waals surface area (Å²) in [4.78, 5) is 12.6. The molecular weight excluding hydrogens is 464 g/mol. The fourth-order valence-electron chi connectivity index (χ4n) is 3.15. The van der Waals surface area contributed by atoms with Crippen LogP contribution in [0.1, 0.15) is 21.5 Å². The number of rotatable bonds is 8. The average Bonchev–Trinajstić information content (AvgIpc) is 2.74. The second-order valence-corrected chi connectivity index (χ2v) is 11.3. The van der Waals surface area contributed by atoms with Gasteiger partial charge in [0.2, 0.25) is 0 Å². The Balaban J connectivity index is 1.81. The number of para-hydroxylation sites is 2. The maximum absolute atomic E-state index is 13.0. The van der Waals surface area contributed by atoms with Crippen LogP contribution in [0.3, 0.4) is 0 Å². The van der Waals surface area contributed by atoms with Crippen LogP contribution in [0.2, 0.25) is 0 Å². The summed E-state index contributed by atoms with van der Waals surface area (Å²) in [7, 11) is -5.69. The van der Waals surface area contributed by atoms with E-state index in [1.54, 1.807) is 55.5 Å². The molecule has 0 saturated carbocycles. The summed E-state index contributed by atoms with van der Waals surface area (Å²) in [6.45, 7) is 1.66. The normalized spacial score (nSPS) is 11.6. The number of anilines is 2. The van der Waals surface area contributed by atoms with Crippen molar-refractivity contribution in [3.05, 3.63) is 83.4 Å². The van der Waals surface area contributed by atoms with Crippen LogP contribution in [0.15, 0.2) is 71.6 Å². The highest BCUT2D eigenvalue weighted by atomic mass is 32.2. The third kappa shape index (κ3) is 6.33. The maximum atomic E-state index is 13.0. The molecule has 8 nitrogen and oxygen atoms in total. The number of carbonyl (C=O) groups excluding carboxylic acids is 1. The predicted molar refractivity (Wildman–Crippen MR) is 128 cm³/mol. The highest BCUT2D eigenvalue weighted by Crippen LogP contribution is 2.28. The second kappa shape index (κ2) is 9.63. The van der Waals surface area contributed by atoms with Crippen molar-refractivity contribution in [2.45, 2.75) is 17.6 Å². The van der Waals surface area contributed by atoms with E-state index in [-0.39, 0.29) is 10.6 Å². The van der Waals surface area contributed by atoms with Crippen LogP contribution in [0.4, 0.5) is 11.4 Å². The molecule has 10 heteroatoms. The fraction of sp³-hybridized carbons (Fsp3) is 0.174. The van der Waals surface area contributed by atoms with Crippen LogP contribution in [-0.2, 0) is 25.6 Å². The standard InChI is InChI=1S/C23H24N2O6S2/c1-16-8-13-19(24-23(26)18-11-9-17(10-12-18)15-32(3,27)28)14-22(16)33(29,30)25-20-6-4-5-7-21(20)31-2/h4-14,25H,15H2,1-3H3,(H,24,26). The van der Waals surface area contributed by atoms with Crippen molar-refractivity contribution in [3.8, 4) is 5.75 Å². The predicted octanol–water partition coefficient (Wildman–Crippen LogP) is 3.60. The second-order valence-electron chi connectivity index (χ2n) is 7.51. The summed E-state index contributed by atoms with van der Waals surface area (Å²) in [6.07, 6.45) is 1.14. The number of nitrogens with one attached hydrogen (secondary N) is 2. The van der Waals surface area contributed by atoms with Gasteiger partial charge in [-0.3, -0.25) is 9.52 Å². The van der Waals surface area contributed by atoms with Crippen LogP contribution in [-0.4, -0.2) is 36.1 Å². The highest BCUT2D eigenvalue weighted by Gasteiger charge is 2.20. The fourth-order valence-corrected chi connectivity index (χ4v) is 5.29. The SMILES string of the molecule is COc1ccccc1NS(=O)(=O)c1cc(NC(=O)c2ccc(CS(C)(=O)=O)cc2)ccc1C. The number of methoxy groups -OCH3 is 1. The van der Waals surface area contributed by atoms with Crippen molar-refractivity contribution < 1.29 is 26.4 Å². The van der Waals surface area contributed by atoms with Gasteiger partial charge in [0.05, 0.1) is 23.4 Å². The third-order valence-corrected chi connectivity index (χ3v) is 7.10. The highest BCUT2D eigenvalue weighted by molar-refractivity contribution is 7.92. The first-order valence-electron chi connectivity index (χ1n) is 9.83. The lowest BCUT2D eigenvalue weighted by Crippen LogP contribution is -2.16. The van der Waals surface area contributed by atoms with Gasteiger partial charge < -0.3 is 10.1 Å². The molecule has 0 unspecified atom stereocenters. The monoisotopic (exact) mass is 488 g/mol. The Morgan fingerprint density at radius 1 is 0.939 bits per heavy atom. The molecular formula is C23H24N2O6S2. The van der Waals surface area contributed by atoms with E-state index < -0.39 is 25.8 Å². The summed E-state index contributed by atoms with van der Waals surface area (Å²) in [5.74, 6) is -0.193. The molecule has 0 bridgehead atoms. The van der Waals surface area contributed by atoms with Crippen LogP contribution >= 0.6 is 0 Å². The minimum atomic E-state index is -3.96. The van der Waals surface area contributed by atoms with Crippen LogP contribution in [0, 0.1) is 6.92 Å². The zero-order valence-electron chi connectivity index (χ0n) is 18.3. The van der Waals surface area contributed by atoms with Crippen molar-refractivity contribution >= 4 is 37.1 Å². The molecule has 0 saturated heterocycles. The topological polar surface area (TPSA) is 119 Å². The van der Waals surface area contributed by atoms with Gasteiger partial charge in [0.15, 0.2) is 9.84 Å². The van der Waals surface area contributed by atoms with Gasteiger partial charge in [-0.25, -0.2) is 16.8 Å². The lowest BCUT2D eigenvalue weighted by molar-refractivity contribution is 0.102. The van der Waals surface area contributed by atoms with E-state index in [4.69, 9.17) is 4.74 Å². The molecule has 1 amide bonds. The molecule has 0 atom stereocenters. The first kappa shape index (κ1) is 24.3. The molecule has 3 rings (SSSR count). The summed E-state index contributed by atoms with van der Waals surface area (Å²) in [5, 5.41) is 2.68. The van der Waals surface area contributed by atoms with Crippen LogP contribution < -0.4 is 14.8 Å². The lowest BCUT2D eigenvalue weighted by Gasteiger charge is -2.14. The van der Waals surface area contributed by atoms with Crippen molar-refractivity contribution in [2.24, 2.45) is 0 Å². The first-order chi connectivity index (χ1) is 15.5. The number of carbonyl (C=O) groups is 1. The Labute approximate surface area is 193 Å². The number of aryl methyl sites for hydroxylation is 1. The summed E-state index contributed by atoms with van der Waals surface area (Å²) < 4.78 is 56.6. The van der Waals surface area contributed by atoms with Gasteiger partial charge in [0.25, 0.3) is 15.9 Å². The Morgan fingerprint density at radius 2 is 1.61 bits per heavy atom. The maximum Gasteiger partial charge on any atom is 0.262 e. The number of benzene rings is 3. The molecule has 3 aromatic carbocycles. The summed E-state index contributed by atoms with van der Waals surface area (Å²) in [5.41, 5.74) is 1.97. The quantitative estimate of drug-likeness (QED) is 0.500. The minimum Gasteiger partial charge on any atom is -0.495 e. The van der Waals surface area contributed by atoms with E-state index in [2.05, 4.69) is 10.0 Å². The summed E-state index contributed by atoms with van der Waals surface area (Å²) in [6, 6.07) is 17.4. The average molecular weight is 489 g/mol. The van der Waals surface area contributed by atoms with E-state index in [0.717, 1.165) is 6.26 Å². The van der Waals surface area contributed by atoms with Crippen molar-refractivity contribution in [3.63, 3.8) is 0 Å². The largest absolute Gasteiger partial charge is 0.495 e. The molecule has 0 aliphatic rings. The number of sulfonamides is 1. The molecule has 174 valence electrons. The lowest BCUT2D eigenvalue weighted by atomic mass is 10.1. The van der Waals surface area contributed by atoms with Gasteiger partial charge in [0, 0.05) is 17.5 Å². The van der Waals surface area contributed by atoms with E-state index in [1.165, 1.54) is 25.3 Å². The zero-order valence-corrected chi connectivity index (χ0v) is 20.0. The number of amides is 1. The number of ether oxygens (including phenoxy) is 1. The molecule has 33 heavy (non-hydrogen) atoms. The van der Waals surface area contributed by atoms with Crippen molar-refractivity contribution in [1.29, 1.82) is 0 Å². The first-order valence-corrected chi connectivity index (χ1v) is 13.4. The Hall–Kier alpha value is -3.37. The zero-order chi connectivity index (χ0) is 24.2. The van der Waals surface area contributed by atoms with E-state index in [9.17, 15) is 21.6 Å². The summed E-state index contributed by atoms with van der Waals surface area (Å²) >= 11 is 0. The van der Waals surface area contributed by atoms with Gasteiger partial charge in [-0.15, -0.1) is 0 Å². The van der Waals surface area contributed by atoms with Gasteiger partial charge in [0.1, 0.15) is 5.75 Å². The molecule has 0 aliphatic carbocycles. The molecule has 3 aromatic rings. The molecule has 0 heterocycles. The Bertz CT molecular complexity index is 1380. The molecule has 0 fully saturated rings. The van der Waals surface area contributed by atoms with E-state index >= 15 is 0 Å². The minimum absolute atomic E-state index is 0.00899. The smallest absolute Gasteiger partial charge is 0.262 e. The number of sulfone groups is 1. The van der Waals surface area contributed by atoms with Crippen molar-refractivity contribution in [1.82, 2.24) is 0 Å². The molecule has 0 spiro atoms. The Morgan fingerprint density at radius 3 is 2.24 bits per heavy atom. The number of hydrogen-bond donors (Lipinski definition) is 2. The van der Waals surface area contributed by atoms with Crippen molar-refractivity contribution in [2.75, 3.05) is 23.4 Å². The molecule has 2 N–H and O–H groups in total. The van der Waals surface area contributed by atoms with Gasteiger partial charge in [-0.1, -0.05) is 30.3 Å². The van der Waals surface area contributed by atoms with Gasteiger partial charge in [-0.2, -0.15) is 0 Å². The molecule has 0 aromatic heterocycles. The van der Waals surface area contributed by atoms with Gasteiger partial charge in [-0.05, 0) is 54.4 Å². The molecule has 0 radical (unpaired) electrons. The van der Waals surface area contributed by atoms with Gasteiger partial charge >= 0.3 is 0 Å². The van der Waals surface area contributed by atoms with Crippen LogP contribution in [0.5, 0.6) is 5.75 Å². The Kier molecular flexibility index (Phi) is 7.09.